The van der Waals surface area contributed by atoms with E-state index in [1.54, 1.807) is 7.11 Å². The summed E-state index contributed by atoms with van der Waals surface area (Å²) in [5, 5.41) is 8.09. The van der Waals surface area contributed by atoms with E-state index in [4.69, 9.17) is 38.0 Å². The number of ether oxygens (including phenoxy) is 3. The molecule has 1 saturated heterocycles. The number of nitrogens with one attached hydrogen (secondary N) is 1. The Morgan fingerprint density at radius 1 is 1.30 bits per heavy atom. The molecule has 2 heterocycles. The average molecular weight is 446 g/mol. The van der Waals surface area contributed by atoms with Crippen LogP contribution in [0.1, 0.15) is 24.0 Å². The van der Waals surface area contributed by atoms with Crippen LogP contribution in [-0.4, -0.2) is 34.6 Å². The lowest BCUT2D eigenvalue weighted by molar-refractivity contribution is 0.0970. The zero-order valence-corrected chi connectivity index (χ0v) is 18.6. The van der Waals surface area contributed by atoms with Crippen LogP contribution in [0.2, 0.25) is 5.02 Å². The van der Waals surface area contributed by atoms with Crippen LogP contribution in [0.3, 0.4) is 0 Å². The lowest BCUT2D eigenvalue weighted by Crippen LogP contribution is -2.16. The average Bonchev–Trinajstić information content (AvgIpc) is 3.39. The van der Waals surface area contributed by atoms with E-state index in [9.17, 15) is 0 Å². The van der Waals surface area contributed by atoms with E-state index < -0.39 is 0 Å². The third-order valence-electron chi connectivity index (χ3n) is 5.23. The standard InChI is InChI=1S/C22H24ClN3O3S/c1-14-10-17(6-7-19(14)23)29-13-16-11-15(5-8-20(16)27-2)21-24-25-22(30)26(21)12-18-4-3-9-28-18/h5-8,10-11,18H,3-4,9,12-13H2,1-2H3,(H,25,30)/t18-/m1/s1. The molecule has 0 spiro atoms. The summed E-state index contributed by atoms with van der Waals surface area (Å²) < 4.78 is 19.9. The lowest BCUT2D eigenvalue weighted by Gasteiger charge is -2.15. The van der Waals surface area contributed by atoms with Crippen molar-refractivity contribution in [1.82, 2.24) is 14.8 Å². The van der Waals surface area contributed by atoms with E-state index in [0.29, 0.717) is 17.9 Å². The number of hydrogen-bond acceptors (Lipinski definition) is 5. The molecule has 4 rings (SSSR count). The van der Waals surface area contributed by atoms with Gasteiger partial charge in [-0.05, 0) is 73.9 Å². The van der Waals surface area contributed by atoms with Crippen molar-refractivity contribution in [2.75, 3.05) is 13.7 Å². The second-order valence-corrected chi connectivity index (χ2v) is 8.12. The van der Waals surface area contributed by atoms with Crippen LogP contribution in [0.15, 0.2) is 36.4 Å². The number of benzene rings is 2. The van der Waals surface area contributed by atoms with Crippen LogP contribution in [0.25, 0.3) is 11.4 Å². The fraction of sp³-hybridized carbons (Fsp3) is 0.364. The van der Waals surface area contributed by atoms with E-state index in [1.165, 1.54) is 0 Å². The third-order valence-corrected chi connectivity index (χ3v) is 5.97. The Morgan fingerprint density at radius 3 is 2.90 bits per heavy atom. The summed E-state index contributed by atoms with van der Waals surface area (Å²) in [6.45, 7) is 3.80. The zero-order valence-electron chi connectivity index (χ0n) is 17.0. The lowest BCUT2D eigenvalue weighted by atomic mass is 10.1. The number of hydrogen-bond donors (Lipinski definition) is 1. The SMILES string of the molecule is COc1ccc(-c2n[nH]c(=S)n2C[C@H]2CCCO2)cc1COc1ccc(Cl)c(C)c1. The van der Waals surface area contributed by atoms with Gasteiger partial charge in [0.1, 0.15) is 18.1 Å². The van der Waals surface area contributed by atoms with E-state index in [-0.39, 0.29) is 6.10 Å². The first-order valence-electron chi connectivity index (χ1n) is 9.88. The molecule has 1 aliphatic heterocycles. The van der Waals surface area contributed by atoms with Gasteiger partial charge in [-0.1, -0.05) is 11.6 Å². The molecule has 0 saturated carbocycles. The monoisotopic (exact) mass is 445 g/mol. The van der Waals surface area contributed by atoms with Gasteiger partial charge in [0, 0.05) is 22.8 Å². The first kappa shape index (κ1) is 20.9. The molecular weight excluding hydrogens is 422 g/mol. The molecule has 30 heavy (non-hydrogen) atoms. The maximum absolute atomic E-state index is 6.11. The number of rotatable bonds is 7. The molecule has 1 N–H and O–H groups in total. The summed E-state index contributed by atoms with van der Waals surface area (Å²) in [5.74, 6) is 2.29. The van der Waals surface area contributed by atoms with Gasteiger partial charge in [-0.15, -0.1) is 0 Å². The molecule has 1 atom stereocenters. The molecule has 1 fully saturated rings. The Hall–Kier alpha value is -2.35. The van der Waals surface area contributed by atoms with Gasteiger partial charge < -0.3 is 14.2 Å². The van der Waals surface area contributed by atoms with Crippen molar-refractivity contribution in [1.29, 1.82) is 0 Å². The van der Waals surface area contributed by atoms with Crippen LogP contribution < -0.4 is 9.47 Å². The minimum absolute atomic E-state index is 0.169. The topological polar surface area (TPSA) is 61.3 Å². The van der Waals surface area contributed by atoms with Gasteiger partial charge in [0.05, 0.1) is 19.8 Å². The van der Waals surface area contributed by atoms with Crippen molar-refractivity contribution in [2.24, 2.45) is 0 Å². The van der Waals surface area contributed by atoms with Gasteiger partial charge >= 0.3 is 0 Å². The zero-order chi connectivity index (χ0) is 21.1. The fourth-order valence-electron chi connectivity index (χ4n) is 3.60. The maximum atomic E-state index is 6.11. The van der Waals surface area contributed by atoms with Gasteiger partial charge in [0.15, 0.2) is 10.6 Å². The van der Waals surface area contributed by atoms with Crippen LogP contribution in [0.4, 0.5) is 0 Å². The molecule has 0 unspecified atom stereocenters. The van der Waals surface area contributed by atoms with Crippen molar-refractivity contribution in [2.45, 2.75) is 39.0 Å². The van der Waals surface area contributed by atoms with Crippen molar-refractivity contribution in [3.05, 3.63) is 57.3 Å². The van der Waals surface area contributed by atoms with Crippen LogP contribution in [-0.2, 0) is 17.9 Å². The molecule has 8 heteroatoms. The van der Waals surface area contributed by atoms with Crippen molar-refractivity contribution in [3.8, 4) is 22.9 Å². The van der Waals surface area contributed by atoms with Crippen LogP contribution >= 0.6 is 23.8 Å². The van der Waals surface area contributed by atoms with Gasteiger partial charge in [0.25, 0.3) is 0 Å². The minimum atomic E-state index is 0.169. The van der Waals surface area contributed by atoms with Gasteiger partial charge in [-0.3, -0.25) is 9.67 Å². The highest BCUT2D eigenvalue weighted by Gasteiger charge is 2.20. The van der Waals surface area contributed by atoms with Crippen molar-refractivity contribution < 1.29 is 14.2 Å². The number of aromatic amines is 1. The Kier molecular flexibility index (Phi) is 6.41. The second-order valence-electron chi connectivity index (χ2n) is 7.32. The molecular formula is C22H24ClN3O3S. The van der Waals surface area contributed by atoms with Crippen molar-refractivity contribution in [3.63, 3.8) is 0 Å². The predicted molar refractivity (Wildman–Crippen MR) is 119 cm³/mol. The summed E-state index contributed by atoms with van der Waals surface area (Å²) >= 11 is 11.6. The number of halogens is 1. The minimum Gasteiger partial charge on any atom is -0.496 e. The summed E-state index contributed by atoms with van der Waals surface area (Å²) in [5.41, 5.74) is 2.83. The van der Waals surface area contributed by atoms with E-state index in [0.717, 1.165) is 58.5 Å². The number of nitrogens with zero attached hydrogens (tertiary/aromatic N) is 2. The van der Waals surface area contributed by atoms with Gasteiger partial charge in [-0.25, -0.2) is 0 Å². The second kappa shape index (κ2) is 9.20. The molecule has 0 bridgehead atoms. The molecule has 0 amide bonds. The van der Waals surface area contributed by atoms with Gasteiger partial charge in [0.2, 0.25) is 0 Å². The highest BCUT2D eigenvalue weighted by atomic mass is 35.5. The summed E-state index contributed by atoms with van der Waals surface area (Å²) in [4.78, 5) is 0. The van der Waals surface area contributed by atoms with Crippen LogP contribution in [0, 0.1) is 11.7 Å². The van der Waals surface area contributed by atoms with E-state index >= 15 is 0 Å². The van der Waals surface area contributed by atoms with E-state index in [1.807, 2.05) is 47.9 Å². The maximum Gasteiger partial charge on any atom is 0.195 e. The molecule has 0 radical (unpaired) electrons. The first-order chi connectivity index (χ1) is 14.5. The highest BCUT2D eigenvalue weighted by molar-refractivity contribution is 7.71. The normalized spacial score (nSPS) is 16.0. The molecule has 0 aliphatic carbocycles. The molecule has 3 aromatic rings. The molecule has 6 nitrogen and oxygen atoms in total. The highest BCUT2D eigenvalue weighted by Crippen LogP contribution is 2.29. The summed E-state index contributed by atoms with van der Waals surface area (Å²) in [7, 11) is 1.65. The quantitative estimate of drug-likeness (QED) is 0.497. The van der Waals surface area contributed by atoms with Crippen molar-refractivity contribution >= 4 is 23.8 Å². The number of H-pyrrole nitrogens is 1. The largest absolute Gasteiger partial charge is 0.496 e. The number of aromatic nitrogens is 3. The van der Waals surface area contributed by atoms with Crippen LogP contribution in [0.5, 0.6) is 11.5 Å². The first-order valence-corrected chi connectivity index (χ1v) is 10.7. The Balaban J connectivity index is 1.59. The smallest absolute Gasteiger partial charge is 0.195 e. The molecule has 1 aliphatic rings. The predicted octanol–water partition coefficient (Wildman–Crippen LogP) is 5.34. The third kappa shape index (κ3) is 4.53. The molecule has 1 aromatic heterocycles. The number of aryl methyl sites for hydroxylation is 1. The molecule has 158 valence electrons. The fourth-order valence-corrected chi connectivity index (χ4v) is 3.92. The Bertz CT molecular complexity index is 1090. The molecule has 2 aromatic carbocycles. The number of methoxy groups -OCH3 is 1. The Labute approximate surface area is 185 Å². The Morgan fingerprint density at radius 2 is 2.17 bits per heavy atom. The summed E-state index contributed by atoms with van der Waals surface area (Å²) in [6.07, 6.45) is 2.29. The van der Waals surface area contributed by atoms with Gasteiger partial charge in [-0.2, -0.15) is 5.10 Å². The summed E-state index contributed by atoms with van der Waals surface area (Å²) in [6, 6.07) is 11.5. The van der Waals surface area contributed by atoms with E-state index in [2.05, 4.69) is 10.2 Å².